The number of carboxylic acids is 1. The quantitative estimate of drug-likeness (QED) is 0.898. The molecule has 0 aliphatic heterocycles. The van der Waals surface area contributed by atoms with Crippen molar-refractivity contribution in [3.8, 4) is 0 Å². The third kappa shape index (κ3) is 4.10. The van der Waals surface area contributed by atoms with Crippen LogP contribution < -0.4 is 0 Å². The number of hydrogen-bond donors (Lipinski definition) is 1. The van der Waals surface area contributed by atoms with Gasteiger partial charge in [-0.1, -0.05) is 30.3 Å². The number of aromatic carboxylic acids is 1. The maximum absolute atomic E-state index is 13.3. The highest BCUT2D eigenvalue weighted by molar-refractivity contribution is 7.97. The molecule has 0 unspecified atom stereocenters. The monoisotopic (exact) mass is 276 g/mol. The van der Waals surface area contributed by atoms with Gasteiger partial charge in [0.15, 0.2) is 0 Å². The number of thioether (sulfide) groups is 1. The van der Waals surface area contributed by atoms with Crippen molar-refractivity contribution in [1.29, 1.82) is 0 Å². The van der Waals surface area contributed by atoms with Crippen molar-refractivity contribution >= 4 is 17.7 Å². The van der Waals surface area contributed by atoms with Gasteiger partial charge in [0.2, 0.25) is 0 Å². The number of carboxylic acid groups (broad SMARTS) is 1. The second-order valence-electron chi connectivity index (χ2n) is 4.13. The van der Waals surface area contributed by atoms with Crippen LogP contribution in [-0.2, 0) is 11.5 Å². The molecule has 2 rings (SSSR count). The van der Waals surface area contributed by atoms with E-state index in [1.54, 1.807) is 11.8 Å². The van der Waals surface area contributed by atoms with Crippen molar-refractivity contribution in [2.24, 2.45) is 0 Å². The highest BCUT2D eigenvalue weighted by atomic mass is 32.2. The highest BCUT2D eigenvalue weighted by Crippen LogP contribution is 2.19. The van der Waals surface area contributed by atoms with Crippen LogP contribution in [0.25, 0.3) is 0 Å². The molecule has 2 nitrogen and oxygen atoms in total. The average molecular weight is 276 g/mol. The van der Waals surface area contributed by atoms with Crippen molar-refractivity contribution in [1.82, 2.24) is 0 Å². The number of hydrogen-bond acceptors (Lipinski definition) is 2. The molecule has 2 aromatic rings. The van der Waals surface area contributed by atoms with Gasteiger partial charge in [0.05, 0.1) is 5.56 Å². The molecule has 1 N–H and O–H groups in total. The molecule has 0 bridgehead atoms. The Morgan fingerprint density at radius 3 is 2.42 bits per heavy atom. The van der Waals surface area contributed by atoms with Gasteiger partial charge < -0.3 is 5.11 Å². The van der Waals surface area contributed by atoms with E-state index in [0.29, 0.717) is 11.3 Å². The van der Waals surface area contributed by atoms with Gasteiger partial charge in [-0.3, -0.25) is 0 Å². The maximum Gasteiger partial charge on any atom is 0.335 e. The van der Waals surface area contributed by atoms with Gasteiger partial charge in [-0.2, -0.15) is 11.8 Å². The Bertz CT molecular complexity index is 570. The van der Waals surface area contributed by atoms with Crippen LogP contribution in [0.2, 0.25) is 0 Å². The smallest absolute Gasteiger partial charge is 0.335 e. The lowest BCUT2D eigenvalue weighted by molar-refractivity contribution is 0.0696. The molecule has 19 heavy (non-hydrogen) atoms. The molecule has 2 aromatic carbocycles. The molecule has 0 spiro atoms. The molecule has 0 heterocycles. The Hall–Kier alpha value is -1.81. The normalized spacial score (nSPS) is 10.4. The summed E-state index contributed by atoms with van der Waals surface area (Å²) in [6.45, 7) is 0. The summed E-state index contributed by atoms with van der Waals surface area (Å²) < 4.78 is 13.3. The van der Waals surface area contributed by atoms with Crippen molar-refractivity contribution in [3.05, 3.63) is 71.0 Å². The number of halogens is 1. The molecule has 0 saturated carbocycles. The molecule has 0 aliphatic carbocycles. The zero-order chi connectivity index (χ0) is 13.7. The lowest BCUT2D eigenvalue weighted by Gasteiger charge is -2.04. The summed E-state index contributed by atoms with van der Waals surface area (Å²) in [7, 11) is 0. The second kappa shape index (κ2) is 6.38. The standard InChI is InChI=1S/C15H13FO2S/c16-14-7-12(6-13(8-14)15(17)18)10-19-9-11-4-2-1-3-5-11/h1-8H,9-10H2,(H,17,18). The van der Waals surface area contributed by atoms with Gasteiger partial charge in [-0.25, -0.2) is 9.18 Å². The molecule has 0 atom stereocenters. The molecule has 0 saturated heterocycles. The molecule has 4 heteroatoms. The fourth-order valence-electron chi connectivity index (χ4n) is 1.72. The Morgan fingerprint density at radius 1 is 1.05 bits per heavy atom. The minimum Gasteiger partial charge on any atom is -0.478 e. The third-order valence-corrected chi connectivity index (χ3v) is 3.66. The number of benzene rings is 2. The minimum atomic E-state index is -1.10. The van der Waals surface area contributed by atoms with E-state index in [1.165, 1.54) is 17.7 Å². The molecule has 0 amide bonds. The molecular weight excluding hydrogens is 263 g/mol. The first-order valence-electron chi connectivity index (χ1n) is 5.79. The van der Waals surface area contributed by atoms with Crippen LogP contribution in [0.3, 0.4) is 0 Å². The highest BCUT2D eigenvalue weighted by Gasteiger charge is 2.07. The van der Waals surface area contributed by atoms with E-state index in [9.17, 15) is 9.18 Å². The van der Waals surface area contributed by atoms with E-state index in [0.717, 1.165) is 11.8 Å². The SMILES string of the molecule is O=C(O)c1cc(F)cc(CSCc2ccccc2)c1. The predicted molar refractivity (Wildman–Crippen MR) is 74.8 cm³/mol. The lowest BCUT2D eigenvalue weighted by Crippen LogP contribution is -1.98. The molecular formula is C15H13FO2S. The summed E-state index contributed by atoms with van der Waals surface area (Å²) in [6.07, 6.45) is 0. The van der Waals surface area contributed by atoms with E-state index in [1.807, 2.05) is 30.3 Å². The van der Waals surface area contributed by atoms with Crippen molar-refractivity contribution < 1.29 is 14.3 Å². The van der Waals surface area contributed by atoms with Crippen LogP contribution in [0, 0.1) is 5.82 Å². The first-order chi connectivity index (χ1) is 9.15. The second-order valence-corrected chi connectivity index (χ2v) is 5.12. The van der Waals surface area contributed by atoms with Crippen LogP contribution in [0.1, 0.15) is 21.5 Å². The number of rotatable bonds is 5. The van der Waals surface area contributed by atoms with Crippen molar-refractivity contribution in [2.75, 3.05) is 0 Å². The molecule has 0 aromatic heterocycles. The summed E-state index contributed by atoms with van der Waals surface area (Å²) in [4.78, 5) is 10.8. The summed E-state index contributed by atoms with van der Waals surface area (Å²) in [5.41, 5.74) is 1.89. The fourth-order valence-corrected chi connectivity index (χ4v) is 2.65. The minimum absolute atomic E-state index is 0.00434. The maximum atomic E-state index is 13.3. The van der Waals surface area contributed by atoms with Gasteiger partial charge in [-0.15, -0.1) is 0 Å². The summed E-state index contributed by atoms with van der Waals surface area (Å²) in [6, 6.07) is 13.9. The van der Waals surface area contributed by atoms with E-state index in [4.69, 9.17) is 5.11 Å². The van der Waals surface area contributed by atoms with Gasteiger partial charge in [0, 0.05) is 11.5 Å². The molecule has 0 radical (unpaired) electrons. The summed E-state index contributed by atoms with van der Waals surface area (Å²) in [5.74, 6) is -0.198. The predicted octanol–water partition coefficient (Wildman–Crippen LogP) is 3.96. The van der Waals surface area contributed by atoms with Crippen LogP contribution in [-0.4, -0.2) is 11.1 Å². The Balaban J connectivity index is 1.98. The first-order valence-corrected chi connectivity index (χ1v) is 6.95. The van der Waals surface area contributed by atoms with E-state index >= 15 is 0 Å². The summed E-state index contributed by atoms with van der Waals surface area (Å²) in [5, 5.41) is 8.86. The zero-order valence-electron chi connectivity index (χ0n) is 10.2. The van der Waals surface area contributed by atoms with Gasteiger partial charge in [-0.05, 0) is 29.3 Å². The van der Waals surface area contributed by atoms with Crippen molar-refractivity contribution in [3.63, 3.8) is 0 Å². The van der Waals surface area contributed by atoms with E-state index in [-0.39, 0.29) is 5.56 Å². The Morgan fingerprint density at radius 2 is 1.74 bits per heavy atom. The molecule has 0 fully saturated rings. The Kier molecular flexibility index (Phi) is 4.58. The van der Waals surface area contributed by atoms with Crippen molar-refractivity contribution in [2.45, 2.75) is 11.5 Å². The third-order valence-electron chi connectivity index (χ3n) is 2.58. The van der Waals surface area contributed by atoms with Gasteiger partial charge in [0.1, 0.15) is 5.82 Å². The van der Waals surface area contributed by atoms with E-state index in [2.05, 4.69) is 0 Å². The largest absolute Gasteiger partial charge is 0.478 e. The molecule has 0 aliphatic rings. The summed E-state index contributed by atoms with van der Waals surface area (Å²) >= 11 is 1.63. The molecule has 98 valence electrons. The van der Waals surface area contributed by atoms with Crippen LogP contribution in [0.4, 0.5) is 4.39 Å². The van der Waals surface area contributed by atoms with Gasteiger partial charge in [0.25, 0.3) is 0 Å². The van der Waals surface area contributed by atoms with E-state index < -0.39 is 11.8 Å². The van der Waals surface area contributed by atoms with Crippen LogP contribution in [0.5, 0.6) is 0 Å². The fraction of sp³-hybridized carbons (Fsp3) is 0.133. The first kappa shape index (κ1) is 13.6. The number of carbonyl (C=O) groups is 1. The average Bonchev–Trinajstić information content (AvgIpc) is 2.39. The topological polar surface area (TPSA) is 37.3 Å². The lowest BCUT2D eigenvalue weighted by atomic mass is 10.1. The van der Waals surface area contributed by atoms with Gasteiger partial charge >= 0.3 is 5.97 Å². The zero-order valence-corrected chi connectivity index (χ0v) is 11.0. The van der Waals surface area contributed by atoms with Crippen LogP contribution in [0.15, 0.2) is 48.5 Å². The van der Waals surface area contributed by atoms with Crippen LogP contribution >= 0.6 is 11.8 Å². The Labute approximate surface area is 115 Å².